The first-order valence-corrected chi connectivity index (χ1v) is 13.0. The van der Waals surface area contributed by atoms with Crippen molar-refractivity contribution in [3.8, 4) is 22.3 Å². The number of benzene rings is 6. The predicted octanol–water partition coefficient (Wildman–Crippen LogP) is 9.49. The molecule has 7 rings (SSSR count). The zero-order valence-electron chi connectivity index (χ0n) is 21.2. The van der Waals surface area contributed by atoms with Crippen LogP contribution in [0.2, 0.25) is 0 Å². The highest BCUT2D eigenvalue weighted by Gasteiger charge is 2.46. The molecule has 0 bridgehead atoms. The standard InChI is InChI=1S/C37H28/c1-25-11-18-31(19-12-25)37(32-20-13-26(2)14-21-32)35-10-6-5-9-33(35)34-22-17-30(24-36(34)37)29-16-15-27-7-3-4-8-28(27)23-29/h3-24H,1-2H3. The van der Waals surface area contributed by atoms with Crippen molar-refractivity contribution in [1.29, 1.82) is 0 Å². The van der Waals surface area contributed by atoms with Crippen LogP contribution in [0.25, 0.3) is 33.0 Å². The number of hydrogen-bond acceptors (Lipinski definition) is 0. The summed E-state index contributed by atoms with van der Waals surface area (Å²) >= 11 is 0. The molecule has 0 unspecified atom stereocenters. The molecular formula is C37H28. The average Bonchev–Trinajstić information content (AvgIpc) is 3.24. The van der Waals surface area contributed by atoms with Gasteiger partial charge in [0, 0.05) is 0 Å². The van der Waals surface area contributed by atoms with E-state index in [0.29, 0.717) is 0 Å². The maximum atomic E-state index is 2.44. The summed E-state index contributed by atoms with van der Waals surface area (Å²) in [4.78, 5) is 0. The highest BCUT2D eigenvalue weighted by Crippen LogP contribution is 2.56. The first kappa shape index (κ1) is 21.8. The molecule has 6 aromatic carbocycles. The third-order valence-corrected chi connectivity index (χ3v) is 8.10. The highest BCUT2D eigenvalue weighted by molar-refractivity contribution is 5.91. The Balaban J connectivity index is 1.55. The van der Waals surface area contributed by atoms with Gasteiger partial charge in [0.1, 0.15) is 0 Å². The van der Waals surface area contributed by atoms with Crippen molar-refractivity contribution in [3.05, 3.63) is 167 Å². The second kappa shape index (κ2) is 8.32. The van der Waals surface area contributed by atoms with Gasteiger partial charge in [-0.15, -0.1) is 0 Å². The molecule has 0 atom stereocenters. The van der Waals surface area contributed by atoms with Gasteiger partial charge in [0.05, 0.1) is 5.41 Å². The Morgan fingerprint density at radius 1 is 0.405 bits per heavy atom. The fraction of sp³-hybridized carbons (Fsp3) is 0.0811. The molecule has 6 aromatic rings. The fourth-order valence-electron chi connectivity index (χ4n) is 6.22. The molecule has 0 spiro atoms. The molecule has 0 aliphatic heterocycles. The third-order valence-electron chi connectivity index (χ3n) is 8.10. The van der Waals surface area contributed by atoms with E-state index in [-0.39, 0.29) is 5.41 Å². The normalized spacial score (nSPS) is 13.4. The van der Waals surface area contributed by atoms with E-state index in [2.05, 4.69) is 147 Å². The Hall–Kier alpha value is -4.42. The van der Waals surface area contributed by atoms with Crippen molar-refractivity contribution in [3.63, 3.8) is 0 Å². The summed E-state index contributed by atoms with van der Waals surface area (Å²) in [6, 6.07) is 49.7. The molecule has 0 heterocycles. The molecule has 0 fully saturated rings. The van der Waals surface area contributed by atoms with Crippen LogP contribution in [-0.4, -0.2) is 0 Å². The SMILES string of the molecule is Cc1ccc(C2(c3ccc(C)cc3)c3ccccc3-c3ccc(-c4ccc5ccccc5c4)cc32)cc1. The van der Waals surface area contributed by atoms with Crippen molar-refractivity contribution in [2.24, 2.45) is 0 Å². The molecule has 0 radical (unpaired) electrons. The van der Waals surface area contributed by atoms with E-state index in [1.54, 1.807) is 0 Å². The Bertz CT molecular complexity index is 1720. The number of aryl methyl sites for hydroxylation is 2. The minimum Gasteiger partial charge on any atom is -0.0619 e. The molecule has 0 heteroatoms. The molecule has 0 aromatic heterocycles. The average molecular weight is 473 g/mol. The zero-order valence-corrected chi connectivity index (χ0v) is 21.2. The Kier molecular flexibility index (Phi) is 4.91. The Labute approximate surface area is 218 Å². The van der Waals surface area contributed by atoms with Gasteiger partial charge >= 0.3 is 0 Å². The lowest BCUT2D eigenvalue weighted by molar-refractivity contribution is 0.768. The second-order valence-electron chi connectivity index (χ2n) is 10.3. The van der Waals surface area contributed by atoms with Gasteiger partial charge in [0.25, 0.3) is 0 Å². The smallest absolute Gasteiger partial charge is 0.0619 e. The topological polar surface area (TPSA) is 0 Å². The molecule has 0 N–H and O–H groups in total. The summed E-state index contributed by atoms with van der Waals surface area (Å²) in [7, 11) is 0. The maximum absolute atomic E-state index is 2.44. The van der Waals surface area contributed by atoms with Gasteiger partial charge in [0.2, 0.25) is 0 Å². The number of hydrogen-bond donors (Lipinski definition) is 0. The van der Waals surface area contributed by atoms with Crippen LogP contribution in [0.15, 0.2) is 133 Å². The first-order valence-electron chi connectivity index (χ1n) is 13.0. The molecule has 1 aliphatic rings. The van der Waals surface area contributed by atoms with Crippen LogP contribution in [-0.2, 0) is 5.41 Å². The Morgan fingerprint density at radius 2 is 0.946 bits per heavy atom. The van der Waals surface area contributed by atoms with E-state index < -0.39 is 0 Å². The van der Waals surface area contributed by atoms with Crippen LogP contribution in [0.3, 0.4) is 0 Å². The van der Waals surface area contributed by atoms with Crippen LogP contribution in [0.5, 0.6) is 0 Å². The molecule has 0 amide bonds. The summed E-state index contributed by atoms with van der Waals surface area (Å²) in [6.45, 7) is 4.33. The van der Waals surface area contributed by atoms with Gasteiger partial charge in [-0.1, -0.05) is 132 Å². The summed E-state index contributed by atoms with van der Waals surface area (Å²) < 4.78 is 0. The third kappa shape index (κ3) is 3.29. The first-order chi connectivity index (χ1) is 18.1. The lowest BCUT2D eigenvalue weighted by Gasteiger charge is -2.34. The van der Waals surface area contributed by atoms with Gasteiger partial charge < -0.3 is 0 Å². The molecule has 0 saturated carbocycles. The van der Waals surface area contributed by atoms with Gasteiger partial charge in [0.15, 0.2) is 0 Å². The van der Waals surface area contributed by atoms with E-state index in [1.807, 2.05) is 0 Å². The molecule has 176 valence electrons. The molecule has 0 nitrogen and oxygen atoms in total. The molecule has 0 saturated heterocycles. The minimum absolute atomic E-state index is 0.375. The monoisotopic (exact) mass is 472 g/mol. The van der Waals surface area contributed by atoms with Crippen LogP contribution < -0.4 is 0 Å². The van der Waals surface area contributed by atoms with E-state index in [1.165, 1.54) is 66.4 Å². The van der Waals surface area contributed by atoms with Crippen LogP contribution >= 0.6 is 0 Å². The predicted molar refractivity (Wildman–Crippen MR) is 156 cm³/mol. The van der Waals surface area contributed by atoms with Crippen molar-refractivity contribution >= 4 is 10.8 Å². The highest BCUT2D eigenvalue weighted by atomic mass is 14.5. The number of rotatable bonds is 3. The van der Waals surface area contributed by atoms with Crippen molar-refractivity contribution < 1.29 is 0 Å². The number of fused-ring (bicyclic) bond motifs is 4. The lowest BCUT2D eigenvalue weighted by atomic mass is 9.67. The minimum atomic E-state index is -0.375. The molecule has 1 aliphatic carbocycles. The maximum Gasteiger partial charge on any atom is 0.0713 e. The molecular weight excluding hydrogens is 444 g/mol. The second-order valence-corrected chi connectivity index (χ2v) is 10.3. The summed E-state index contributed by atoms with van der Waals surface area (Å²) in [5.74, 6) is 0. The van der Waals surface area contributed by atoms with Gasteiger partial charge in [-0.25, -0.2) is 0 Å². The van der Waals surface area contributed by atoms with Crippen molar-refractivity contribution in [2.75, 3.05) is 0 Å². The zero-order chi connectivity index (χ0) is 25.0. The largest absolute Gasteiger partial charge is 0.0713 e. The van der Waals surface area contributed by atoms with Crippen LogP contribution in [0.4, 0.5) is 0 Å². The Morgan fingerprint density at radius 3 is 1.65 bits per heavy atom. The van der Waals surface area contributed by atoms with E-state index in [4.69, 9.17) is 0 Å². The fourth-order valence-corrected chi connectivity index (χ4v) is 6.22. The lowest BCUT2D eigenvalue weighted by Crippen LogP contribution is -2.28. The van der Waals surface area contributed by atoms with E-state index >= 15 is 0 Å². The molecule has 37 heavy (non-hydrogen) atoms. The summed E-state index contributed by atoms with van der Waals surface area (Å²) in [6.07, 6.45) is 0. The van der Waals surface area contributed by atoms with E-state index in [0.717, 1.165) is 0 Å². The van der Waals surface area contributed by atoms with Gasteiger partial charge in [-0.05, 0) is 81.3 Å². The summed E-state index contributed by atoms with van der Waals surface area (Å²) in [5.41, 5.74) is 12.6. The van der Waals surface area contributed by atoms with Gasteiger partial charge in [-0.3, -0.25) is 0 Å². The quantitative estimate of drug-likeness (QED) is 0.240. The van der Waals surface area contributed by atoms with Gasteiger partial charge in [-0.2, -0.15) is 0 Å². The van der Waals surface area contributed by atoms with Crippen molar-refractivity contribution in [2.45, 2.75) is 19.3 Å². The van der Waals surface area contributed by atoms with E-state index in [9.17, 15) is 0 Å². The van der Waals surface area contributed by atoms with Crippen molar-refractivity contribution in [1.82, 2.24) is 0 Å². The van der Waals surface area contributed by atoms with Crippen LogP contribution in [0, 0.1) is 13.8 Å². The van der Waals surface area contributed by atoms with Crippen LogP contribution in [0.1, 0.15) is 33.4 Å². The summed E-state index contributed by atoms with van der Waals surface area (Å²) in [5, 5.41) is 2.54.